The first-order valence-corrected chi connectivity index (χ1v) is 4.72. The highest BCUT2D eigenvalue weighted by Gasteiger charge is 2.18. The van der Waals surface area contributed by atoms with Crippen molar-refractivity contribution < 1.29 is 9.84 Å². The normalized spacial score (nSPS) is 14.1. The van der Waals surface area contributed by atoms with E-state index >= 15 is 0 Å². The van der Waals surface area contributed by atoms with Gasteiger partial charge in [0, 0.05) is 0 Å². The third-order valence-corrected chi connectivity index (χ3v) is 1.76. The summed E-state index contributed by atoms with van der Waals surface area (Å²) in [5.74, 6) is 0.710. The summed E-state index contributed by atoms with van der Waals surface area (Å²) in [6.45, 7) is 11.2. The SMILES string of the molecule is C=C/C(OC(C)(C)CO)=C(C)/C=C/C. The molecule has 2 nitrogen and oxygen atoms in total. The topological polar surface area (TPSA) is 29.5 Å². The smallest absolute Gasteiger partial charge is 0.126 e. The van der Waals surface area contributed by atoms with Gasteiger partial charge in [-0.15, -0.1) is 0 Å². The number of aliphatic hydroxyl groups is 1. The summed E-state index contributed by atoms with van der Waals surface area (Å²) in [5.41, 5.74) is 0.441. The second-order valence-corrected chi connectivity index (χ2v) is 3.77. The highest BCUT2D eigenvalue weighted by atomic mass is 16.5. The molecule has 0 aliphatic carbocycles. The van der Waals surface area contributed by atoms with Gasteiger partial charge in [0.05, 0.1) is 6.61 Å². The van der Waals surface area contributed by atoms with Crippen LogP contribution >= 0.6 is 0 Å². The lowest BCUT2D eigenvalue weighted by atomic mass is 10.1. The van der Waals surface area contributed by atoms with Gasteiger partial charge in [-0.05, 0) is 39.3 Å². The quantitative estimate of drug-likeness (QED) is 0.541. The van der Waals surface area contributed by atoms with Gasteiger partial charge in [0.25, 0.3) is 0 Å². The van der Waals surface area contributed by atoms with Gasteiger partial charge in [-0.25, -0.2) is 0 Å². The van der Waals surface area contributed by atoms with E-state index < -0.39 is 5.60 Å². The van der Waals surface area contributed by atoms with Gasteiger partial charge in [-0.3, -0.25) is 0 Å². The molecule has 0 aliphatic rings. The van der Waals surface area contributed by atoms with Crippen molar-refractivity contribution >= 4 is 0 Å². The molecule has 0 bridgehead atoms. The second kappa shape index (κ2) is 5.66. The van der Waals surface area contributed by atoms with Crippen LogP contribution in [0.5, 0.6) is 0 Å². The first-order chi connectivity index (χ1) is 6.46. The summed E-state index contributed by atoms with van der Waals surface area (Å²) in [5, 5.41) is 9.05. The van der Waals surface area contributed by atoms with E-state index in [-0.39, 0.29) is 6.61 Å². The predicted molar refractivity (Wildman–Crippen MR) is 60.0 cm³/mol. The van der Waals surface area contributed by atoms with E-state index in [0.717, 1.165) is 5.57 Å². The minimum Gasteiger partial charge on any atom is -0.485 e. The van der Waals surface area contributed by atoms with E-state index in [2.05, 4.69) is 6.58 Å². The lowest BCUT2D eigenvalue weighted by Gasteiger charge is -2.25. The Morgan fingerprint density at radius 1 is 1.50 bits per heavy atom. The van der Waals surface area contributed by atoms with Crippen LogP contribution in [0.1, 0.15) is 27.7 Å². The van der Waals surface area contributed by atoms with Gasteiger partial charge in [0.2, 0.25) is 0 Å². The average molecular weight is 196 g/mol. The molecule has 2 heteroatoms. The van der Waals surface area contributed by atoms with Crippen molar-refractivity contribution in [3.63, 3.8) is 0 Å². The molecule has 0 atom stereocenters. The van der Waals surface area contributed by atoms with Crippen molar-refractivity contribution in [3.05, 3.63) is 36.1 Å². The molecule has 0 aromatic heterocycles. The molecule has 0 fully saturated rings. The Kier molecular flexibility index (Phi) is 5.24. The van der Waals surface area contributed by atoms with Crippen molar-refractivity contribution in [2.75, 3.05) is 6.61 Å². The average Bonchev–Trinajstić information content (AvgIpc) is 2.14. The third-order valence-electron chi connectivity index (χ3n) is 1.76. The molecule has 14 heavy (non-hydrogen) atoms. The van der Waals surface area contributed by atoms with Crippen LogP contribution in [-0.2, 0) is 4.74 Å². The molecule has 0 unspecified atom stereocenters. The molecule has 0 rings (SSSR count). The van der Waals surface area contributed by atoms with E-state index in [1.807, 2.05) is 39.8 Å². The van der Waals surface area contributed by atoms with Crippen LogP contribution in [0.3, 0.4) is 0 Å². The molecule has 0 aliphatic heterocycles. The summed E-state index contributed by atoms with van der Waals surface area (Å²) in [4.78, 5) is 0. The summed E-state index contributed by atoms with van der Waals surface area (Å²) < 4.78 is 5.61. The number of aliphatic hydroxyl groups excluding tert-OH is 1. The van der Waals surface area contributed by atoms with Gasteiger partial charge < -0.3 is 9.84 Å². The molecule has 0 spiro atoms. The van der Waals surface area contributed by atoms with E-state index in [1.54, 1.807) is 6.08 Å². The number of rotatable bonds is 5. The van der Waals surface area contributed by atoms with Crippen molar-refractivity contribution in [2.24, 2.45) is 0 Å². The highest BCUT2D eigenvalue weighted by molar-refractivity contribution is 5.26. The standard InChI is InChI=1S/C12H20O2/c1-6-8-10(3)11(7-2)14-12(4,5)9-13/h6-8,13H,2,9H2,1,3-5H3/b8-6+,11-10-. The minimum atomic E-state index is -0.563. The molecule has 0 saturated carbocycles. The van der Waals surface area contributed by atoms with Gasteiger partial charge >= 0.3 is 0 Å². The third kappa shape index (κ3) is 4.28. The monoisotopic (exact) mass is 196 g/mol. The van der Waals surface area contributed by atoms with Crippen LogP contribution in [0.25, 0.3) is 0 Å². The lowest BCUT2D eigenvalue weighted by molar-refractivity contribution is -0.00854. The molecule has 0 heterocycles. The summed E-state index contributed by atoms with van der Waals surface area (Å²) in [6, 6.07) is 0. The van der Waals surface area contributed by atoms with Crippen molar-refractivity contribution in [2.45, 2.75) is 33.3 Å². The number of hydrogen-bond donors (Lipinski definition) is 1. The molecule has 0 aromatic carbocycles. The second-order valence-electron chi connectivity index (χ2n) is 3.77. The van der Waals surface area contributed by atoms with Gasteiger partial charge in [-0.1, -0.05) is 18.7 Å². The predicted octanol–water partition coefficient (Wildman–Crippen LogP) is 2.81. The van der Waals surface area contributed by atoms with Crippen LogP contribution in [-0.4, -0.2) is 17.3 Å². The maximum Gasteiger partial charge on any atom is 0.126 e. The van der Waals surface area contributed by atoms with Crippen molar-refractivity contribution in [1.82, 2.24) is 0 Å². The molecule has 0 amide bonds. The largest absolute Gasteiger partial charge is 0.485 e. The fourth-order valence-electron chi connectivity index (χ4n) is 0.945. The van der Waals surface area contributed by atoms with E-state index in [1.165, 1.54) is 0 Å². The molecule has 1 N–H and O–H groups in total. The van der Waals surface area contributed by atoms with Gasteiger partial charge in [0.1, 0.15) is 11.4 Å². The fraction of sp³-hybridized carbons (Fsp3) is 0.500. The molecular formula is C12H20O2. The zero-order valence-corrected chi connectivity index (χ0v) is 9.50. The molecule has 0 aromatic rings. The number of hydrogen-bond acceptors (Lipinski definition) is 2. The minimum absolute atomic E-state index is 0.0204. The number of ether oxygens (including phenoxy) is 1. The molecular weight excluding hydrogens is 176 g/mol. The fourth-order valence-corrected chi connectivity index (χ4v) is 0.945. The first kappa shape index (κ1) is 13.0. The Bertz CT molecular complexity index is 247. The maximum absolute atomic E-state index is 9.05. The Balaban J connectivity index is 4.75. The maximum atomic E-state index is 9.05. The Hall–Kier alpha value is -1.02. The van der Waals surface area contributed by atoms with Crippen molar-refractivity contribution in [3.8, 4) is 0 Å². The highest BCUT2D eigenvalue weighted by Crippen LogP contribution is 2.18. The molecule has 0 radical (unpaired) electrons. The van der Waals surface area contributed by atoms with Crippen molar-refractivity contribution in [1.29, 1.82) is 0 Å². The van der Waals surface area contributed by atoms with E-state index in [9.17, 15) is 0 Å². The van der Waals surface area contributed by atoms with E-state index in [4.69, 9.17) is 9.84 Å². The summed E-state index contributed by atoms with van der Waals surface area (Å²) in [6.07, 6.45) is 5.55. The van der Waals surface area contributed by atoms with Gasteiger partial charge in [0.15, 0.2) is 0 Å². The molecule has 80 valence electrons. The van der Waals surface area contributed by atoms with Crippen LogP contribution in [0.4, 0.5) is 0 Å². The summed E-state index contributed by atoms with van der Waals surface area (Å²) in [7, 11) is 0. The lowest BCUT2D eigenvalue weighted by Crippen LogP contribution is -2.28. The Labute approximate surface area is 86.6 Å². The zero-order chi connectivity index (χ0) is 11.2. The van der Waals surface area contributed by atoms with E-state index in [0.29, 0.717) is 5.76 Å². The molecule has 0 saturated heterocycles. The van der Waals surface area contributed by atoms with Crippen LogP contribution in [0, 0.1) is 0 Å². The first-order valence-electron chi connectivity index (χ1n) is 4.72. The Morgan fingerprint density at radius 3 is 2.43 bits per heavy atom. The van der Waals surface area contributed by atoms with Crippen LogP contribution in [0.2, 0.25) is 0 Å². The van der Waals surface area contributed by atoms with Crippen LogP contribution in [0.15, 0.2) is 36.1 Å². The Morgan fingerprint density at radius 2 is 2.07 bits per heavy atom. The van der Waals surface area contributed by atoms with Crippen LogP contribution < -0.4 is 0 Å². The summed E-state index contributed by atoms with van der Waals surface area (Å²) >= 11 is 0. The number of allylic oxidation sites excluding steroid dienone is 4. The zero-order valence-electron chi connectivity index (χ0n) is 9.50. The van der Waals surface area contributed by atoms with Gasteiger partial charge in [-0.2, -0.15) is 0 Å².